The standard InChI is InChI=1S/C17H18N4O4S/c1-3-25-16(24)14(23)18-17-20-19-15(26-17)11-8-13(22)21(9-11)12-6-4-5-10(2)7-12/h4-7,11H,3,8-9H2,1-2H3,(H,18,20,23). The van der Waals surface area contributed by atoms with Crippen molar-refractivity contribution in [3.8, 4) is 0 Å². The van der Waals surface area contributed by atoms with Gasteiger partial charge in [-0.25, -0.2) is 4.79 Å². The molecule has 136 valence electrons. The predicted molar refractivity (Wildman–Crippen MR) is 96.1 cm³/mol. The number of aromatic nitrogens is 2. The molecule has 1 saturated heterocycles. The molecule has 0 aliphatic carbocycles. The van der Waals surface area contributed by atoms with Crippen LogP contribution in [0.4, 0.5) is 10.8 Å². The number of hydrogen-bond donors (Lipinski definition) is 1. The van der Waals surface area contributed by atoms with E-state index in [-0.39, 0.29) is 23.6 Å². The molecule has 1 aromatic heterocycles. The number of hydrogen-bond acceptors (Lipinski definition) is 7. The summed E-state index contributed by atoms with van der Waals surface area (Å²) in [7, 11) is 0. The van der Waals surface area contributed by atoms with Gasteiger partial charge in [-0.05, 0) is 31.5 Å². The number of nitrogens with one attached hydrogen (secondary N) is 1. The van der Waals surface area contributed by atoms with Crippen molar-refractivity contribution in [2.45, 2.75) is 26.2 Å². The molecule has 0 saturated carbocycles. The highest BCUT2D eigenvalue weighted by molar-refractivity contribution is 7.15. The van der Waals surface area contributed by atoms with Crippen LogP contribution in [-0.4, -0.2) is 41.1 Å². The van der Waals surface area contributed by atoms with Crippen molar-refractivity contribution in [3.05, 3.63) is 34.8 Å². The molecule has 8 nitrogen and oxygen atoms in total. The summed E-state index contributed by atoms with van der Waals surface area (Å²) in [6, 6.07) is 7.76. The van der Waals surface area contributed by atoms with Gasteiger partial charge in [-0.3, -0.25) is 14.9 Å². The highest BCUT2D eigenvalue weighted by Gasteiger charge is 2.34. The van der Waals surface area contributed by atoms with Gasteiger partial charge in [0.15, 0.2) is 0 Å². The molecular formula is C17H18N4O4S. The van der Waals surface area contributed by atoms with Crippen LogP contribution in [0.3, 0.4) is 0 Å². The van der Waals surface area contributed by atoms with Gasteiger partial charge in [-0.1, -0.05) is 23.5 Å². The van der Waals surface area contributed by atoms with Gasteiger partial charge in [0, 0.05) is 24.6 Å². The van der Waals surface area contributed by atoms with Crippen LogP contribution in [0.1, 0.15) is 29.8 Å². The number of ether oxygens (including phenoxy) is 1. The van der Waals surface area contributed by atoms with Crippen LogP contribution >= 0.6 is 11.3 Å². The second-order valence-corrected chi connectivity index (χ2v) is 6.87. The minimum atomic E-state index is -0.967. The molecule has 1 N–H and O–H groups in total. The van der Waals surface area contributed by atoms with E-state index >= 15 is 0 Å². The molecule has 26 heavy (non-hydrogen) atoms. The second-order valence-electron chi connectivity index (χ2n) is 5.86. The molecule has 0 bridgehead atoms. The molecule has 1 fully saturated rings. The summed E-state index contributed by atoms with van der Waals surface area (Å²) in [6.45, 7) is 4.21. The third-order valence-electron chi connectivity index (χ3n) is 3.91. The van der Waals surface area contributed by atoms with Crippen molar-refractivity contribution in [3.63, 3.8) is 0 Å². The number of carbonyl (C=O) groups excluding carboxylic acids is 3. The highest BCUT2D eigenvalue weighted by atomic mass is 32.1. The van der Waals surface area contributed by atoms with Gasteiger partial charge >= 0.3 is 11.9 Å². The Morgan fingerprint density at radius 3 is 2.92 bits per heavy atom. The van der Waals surface area contributed by atoms with Crippen LogP contribution in [0, 0.1) is 6.92 Å². The van der Waals surface area contributed by atoms with Gasteiger partial charge < -0.3 is 9.64 Å². The summed E-state index contributed by atoms with van der Waals surface area (Å²) in [5, 5.41) is 11.2. The lowest BCUT2D eigenvalue weighted by atomic mass is 10.1. The van der Waals surface area contributed by atoms with Gasteiger partial charge in [0.1, 0.15) is 5.01 Å². The summed E-state index contributed by atoms with van der Waals surface area (Å²) in [5.74, 6) is -1.94. The fourth-order valence-electron chi connectivity index (χ4n) is 2.71. The van der Waals surface area contributed by atoms with Crippen molar-refractivity contribution in [1.82, 2.24) is 10.2 Å². The summed E-state index contributed by atoms with van der Waals surface area (Å²) in [6.07, 6.45) is 0.328. The summed E-state index contributed by atoms with van der Waals surface area (Å²) in [4.78, 5) is 37.1. The van der Waals surface area contributed by atoms with Crippen molar-refractivity contribution in [2.75, 3.05) is 23.4 Å². The molecule has 9 heteroatoms. The number of benzene rings is 1. The van der Waals surface area contributed by atoms with E-state index < -0.39 is 11.9 Å². The van der Waals surface area contributed by atoms with E-state index in [0.29, 0.717) is 18.0 Å². The minimum Gasteiger partial charge on any atom is -0.459 e. The number of esters is 1. The first-order valence-corrected chi connectivity index (χ1v) is 8.98. The first kappa shape index (κ1) is 18.0. The molecular weight excluding hydrogens is 356 g/mol. The molecule has 2 aromatic rings. The fourth-order valence-corrected chi connectivity index (χ4v) is 3.54. The Balaban J connectivity index is 1.67. The molecule has 1 atom stereocenters. The van der Waals surface area contributed by atoms with Gasteiger partial charge in [0.05, 0.1) is 6.61 Å². The van der Waals surface area contributed by atoms with Gasteiger partial charge in [-0.15, -0.1) is 10.2 Å². The Labute approximate surface area is 154 Å². The molecule has 2 amide bonds. The van der Waals surface area contributed by atoms with Gasteiger partial charge in [-0.2, -0.15) is 0 Å². The number of aryl methyl sites for hydroxylation is 1. The number of nitrogens with zero attached hydrogens (tertiary/aromatic N) is 3. The normalized spacial score (nSPS) is 16.6. The van der Waals surface area contributed by atoms with E-state index in [2.05, 4.69) is 20.3 Å². The lowest BCUT2D eigenvalue weighted by Gasteiger charge is -2.16. The van der Waals surface area contributed by atoms with E-state index in [1.807, 2.05) is 31.2 Å². The summed E-state index contributed by atoms with van der Waals surface area (Å²) < 4.78 is 4.62. The molecule has 0 radical (unpaired) electrons. The monoisotopic (exact) mass is 374 g/mol. The Bertz CT molecular complexity index is 851. The Hall–Kier alpha value is -2.81. The highest BCUT2D eigenvalue weighted by Crippen LogP contribution is 2.34. The van der Waals surface area contributed by atoms with E-state index in [4.69, 9.17) is 0 Å². The average Bonchev–Trinajstić information content (AvgIpc) is 3.21. The maximum atomic E-state index is 12.4. The molecule has 1 aromatic carbocycles. The topological polar surface area (TPSA) is 101 Å². The largest absolute Gasteiger partial charge is 0.459 e. The Morgan fingerprint density at radius 2 is 2.19 bits per heavy atom. The zero-order chi connectivity index (χ0) is 18.7. The predicted octanol–water partition coefficient (Wildman–Crippen LogP) is 1.87. The van der Waals surface area contributed by atoms with Crippen molar-refractivity contribution < 1.29 is 19.1 Å². The quantitative estimate of drug-likeness (QED) is 0.648. The number of anilines is 2. The van der Waals surface area contributed by atoms with E-state index in [0.717, 1.165) is 22.6 Å². The van der Waals surface area contributed by atoms with Crippen LogP contribution in [-0.2, 0) is 19.1 Å². The average molecular weight is 374 g/mol. The van der Waals surface area contributed by atoms with Crippen molar-refractivity contribution >= 4 is 39.9 Å². The van der Waals surface area contributed by atoms with Crippen molar-refractivity contribution in [2.24, 2.45) is 0 Å². The summed E-state index contributed by atoms with van der Waals surface area (Å²) in [5.41, 5.74) is 1.94. The number of rotatable bonds is 4. The molecule has 1 unspecified atom stereocenters. The minimum absolute atomic E-state index is 0.0212. The first-order valence-electron chi connectivity index (χ1n) is 8.16. The first-order chi connectivity index (χ1) is 12.5. The van der Waals surface area contributed by atoms with E-state index in [9.17, 15) is 14.4 Å². The van der Waals surface area contributed by atoms with Gasteiger partial charge in [0.25, 0.3) is 0 Å². The number of amides is 2. The van der Waals surface area contributed by atoms with E-state index in [1.165, 1.54) is 0 Å². The molecule has 1 aliphatic heterocycles. The second kappa shape index (κ2) is 7.61. The molecule has 0 spiro atoms. The maximum absolute atomic E-state index is 12.4. The van der Waals surface area contributed by atoms with Crippen LogP contribution in [0.15, 0.2) is 24.3 Å². The summed E-state index contributed by atoms with van der Waals surface area (Å²) >= 11 is 1.16. The smallest absolute Gasteiger partial charge is 0.397 e. The molecule has 1 aliphatic rings. The van der Waals surface area contributed by atoms with E-state index in [1.54, 1.807) is 11.8 Å². The lowest BCUT2D eigenvalue weighted by Crippen LogP contribution is -2.24. The molecule has 2 heterocycles. The van der Waals surface area contributed by atoms with Crippen LogP contribution in [0.2, 0.25) is 0 Å². The van der Waals surface area contributed by atoms with Crippen molar-refractivity contribution in [1.29, 1.82) is 0 Å². The number of carbonyl (C=O) groups is 3. The zero-order valence-electron chi connectivity index (χ0n) is 14.4. The van der Waals surface area contributed by atoms with Crippen LogP contribution < -0.4 is 10.2 Å². The van der Waals surface area contributed by atoms with Gasteiger partial charge in [0.2, 0.25) is 11.0 Å². The van der Waals surface area contributed by atoms with Crippen LogP contribution in [0.25, 0.3) is 0 Å². The zero-order valence-corrected chi connectivity index (χ0v) is 15.2. The SMILES string of the molecule is CCOC(=O)C(=O)Nc1nnc(C2CC(=O)N(c3cccc(C)c3)C2)s1. The third kappa shape index (κ3) is 3.88. The van der Waals surface area contributed by atoms with Crippen LogP contribution in [0.5, 0.6) is 0 Å². The Morgan fingerprint density at radius 1 is 1.38 bits per heavy atom. The fraction of sp³-hybridized carbons (Fsp3) is 0.353. The molecule has 3 rings (SSSR count). The lowest BCUT2D eigenvalue weighted by molar-refractivity contribution is -0.152. The Kier molecular flexibility index (Phi) is 5.27. The third-order valence-corrected chi connectivity index (χ3v) is 4.91. The maximum Gasteiger partial charge on any atom is 0.397 e.